The molecule has 1 saturated heterocycles. The molecule has 0 bridgehead atoms. The van der Waals surface area contributed by atoms with Crippen molar-refractivity contribution in [1.82, 2.24) is 29.6 Å². The number of hydrogen-bond acceptors (Lipinski definition) is 5. The van der Waals surface area contributed by atoms with Crippen LogP contribution in [0.1, 0.15) is 23.9 Å². The van der Waals surface area contributed by atoms with Crippen molar-refractivity contribution in [3.05, 3.63) is 60.4 Å². The maximum absolute atomic E-state index is 4.48. The van der Waals surface area contributed by atoms with Crippen LogP contribution in [0.2, 0.25) is 0 Å². The fourth-order valence-corrected chi connectivity index (χ4v) is 4.24. The Morgan fingerprint density at radius 2 is 1.92 bits per heavy atom. The molecule has 5 heterocycles. The Labute approximate surface area is 146 Å². The van der Waals surface area contributed by atoms with E-state index in [9.17, 15) is 0 Å². The summed E-state index contributed by atoms with van der Waals surface area (Å²) < 4.78 is 2.37. The molecule has 6 heteroatoms. The van der Waals surface area contributed by atoms with E-state index in [1.54, 1.807) is 6.20 Å². The van der Waals surface area contributed by atoms with Crippen LogP contribution in [-0.4, -0.2) is 42.7 Å². The Morgan fingerprint density at radius 3 is 2.76 bits per heavy atom. The fourth-order valence-electron chi connectivity index (χ4n) is 4.24. The van der Waals surface area contributed by atoms with E-state index in [1.165, 1.54) is 12.0 Å². The second kappa shape index (κ2) is 6.04. The molecule has 2 atom stereocenters. The minimum Gasteiger partial charge on any atom is -0.306 e. The molecule has 2 aliphatic heterocycles. The van der Waals surface area contributed by atoms with Crippen molar-refractivity contribution < 1.29 is 0 Å². The lowest BCUT2D eigenvalue weighted by atomic mass is 9.93. The zero-order valence-electron chi connectivity index (χ0n) is 14.0. The van der Waals surface area contributed by atoms with Crippen LogP contribution < -0.4 is 0 Å². The Balaban J connectivity index is 1.44. The molecule has 126 valence electrons. The van der Waals surface area contributed by atoms with Gasteiger partial charge in [-0.15, -0.1) is 10.2 Å². The van der Waals surface area contributed by atoms with Crippen LogP contribution in [0.25, 0.3) is 11.4 Å². The van der Waals surface area contributed by atoms with Crippen molar-refractivity contribution >= 4 is 0 Å². The highest BCUT2D eigenvalue weighted by molar-refractivity contribution is 5.54. The Hall–Kier alpha value is -2.60. The number of fused-ring (bicyclic) bond motifs is 3. The van der Waals surface area contributed by atoms with E-state index in [2.05, 4.69) is 47.8 Å². The SMILES string of the molecule is c1cncc(-c2nnc3n2[C@H]2CN(Cc4ccncc4)C[C@H]2CC3)c1. The van der Waals surface area contributed by atoms with E-state index in [-0.39, 0.29) is 0 Å². The Morgan fingerprint density at radius 1 is 1.00 bits per heavy atom. The van der Waals surface area contributed by atoms with Gasteiger partial charge in [-0.2, -0.15) is 0 Å². The first-order chi connectivity index (χ1) is 12.4. The predicted octanol–water partition coefficient (Wildman–Crippen LogP) is 2.35. The van der Waals surface area contributed by atoms with Crippen LogP contribution in [0.5, 0.6) is 0 Å². The van der Waals surface area contributed by atoms with Crippen molar-refractivity contribution in [3.8, 4) is 11.4 Å². The summed E-state index contributed by atoms with van der Waals surface area (Å²) in [5.74, 6) is 2.75. The molecule has 0 aliphatic carbocycles. The van der Waals surface area contributed by atoms with Crippen LogP contribution >= 0.6 is 0 Å². The summed E-state index contributed by atoms with van der Waals surface area (Å²) in [4.78, 5) is 10.9. The van der Waals surface area contributed by atoms with Gasteiger partial charge in [-0.25, -0.2) is 0 Å². The van der Waals surface area contributed by atoms with E-state index in [4.69, 9.17) is 0 Å². The molecule has 0 spiro atoms. The third kappa shape index (κ3) is 2.62. The number of pyridine rings is 2. The zero-order chi connectivity index (χ0) is 16.6. The lowest BCUT2D eigenvalue weighted by Gasteiger charge is -2.27. The molecular weight excluding hydrogens is 312 g/mol. The quantitative estimate of drug-likeness (QED) is 0.737. The smallest absolute Gasteiger partial charge is 0.165 e. The summed E-state index contributed by atoms with van der Waals surface area (Å²) in [6, 6.07) is 8.69. The molecule has 25 heavy (non-hydrogen) atoms. The van der Waals surface area contributed by atoms with Gasteiger partial charge in [-0.05, 0) is 42.2 Å². The van der Waals surface area contributed by atoms with Gasteiger partial charge in [-0.3, -0.25) is 14.9 Å². The van der Waals surface area contributed by atoms with E-state index in [0.29, 0.717) is 12.0 Å². The predicted molar refractivity (Wildman–Crippen MR) is 93.6 cm³/mol. The average Bonchev–Trinajstić information content (AvgIpc) is 3.26. The highest BCUT2D eigenvalue weighted by Crippen LogP contribution is 2.39. The van der Waals surface area contributed by atoms with E-state index < -0.39 is 0 Å². The second-order valence-electron chi connectivity index (χ2n) is 6.97. The van der Waals surface area contributed by atoms with Gasteiger partial charge in [0.05, 0.1) is 6.04 Å². The second-order valence-corrected chi connectivity index (χ2v) is 6.97. The van der Waals surface area contributed by atoms with Gasteiger partial charge in [0.15, 0.2) is 5.82 Å². The molecule has 0 aromatic carbocycles. The summed E-state index contributed by atoms with van der Waals surface area (Å²) in [5.41, 5.74) is 2.37. The number of hydrogen-bond donors (Lipinski definition) is 0. The van der Waals surface area contributed by atoms with Gasteiger partial charge >= 0.3 is 0 Å². The van der Waals surface area contributed by atoms with Gasteiger partial charge in [0.1, 0.15) is 5.82 Å². The highest BCUT2D eigenvalue weighted by Gasteiger charge is 2.39. The summed E-state index contributed by atoms with van der Waals surface area (Å²) in [6.45, 7) is 3.16. The lowest BCUT2D eigenvalue weighted by Crippen LogP contribution is -2.26. The molecule has 0 radical (unpaired) electrons. The molecule has 0 N–H and O–H groups in total. The van der Waals surface area contributed by atoms with Gasteiger partial charge in [0, 0.05) is 56.4 Å². The van der Waals surface area contributed by atoms with Gasteiger partial charge in [0.25, 0.3) is 0 Å². The topological polar surface area (TPSA) is 59.7 Å². The standard InChI is InChI=1S/C19H20N6/c1-2-15(10-21-7-1)19-23-22-18-4-3-16-12-24(13-17(16)25(18)19)11-14-5-8-20-9-6-14/h1-2,5-10,16-17H,3-4,11-13H2/t16-,17+/m1/s1. The Kier molecular flexibility index (Phi) is 3.56. The fraction of sp³-hybridized carbons (Fsp3) is 0.368. The van der Waals surface area contributed by atoms with E-state index in [1.807, 2.05) is 24.7 Å². The molecule has 0 amide bonds. The van der Waals surface area contributed by atoms with Crippen molar-refractivity contribution in [3.63, 3.8) is 0 Å². The molecule has 6 nitrogen and oxygen atoms in total. The summed E-state index contributed by atoms with van der Waals surface area (Å²) in [5, 5.41) is 8.94. The van der Waals surface area contributed by atoms with E-state index >= 15 is 0 Å². The first-order valence-corrected chi connectivity index (χ1v) is 8.84. The normalized spacial score (nSPS) is 22.6. The van der Waals surface area contributed by atoms with Crippen molar-refractivity contribution in [1.29, 1.82) is 0 Å². The molecule has 0 saturated carbocycles. The molecular formula is C19H20N6. The van der Waals surface area contributed by atoms with Crippen LogP contribution in [0.15, 0.2) is 49.1 Å². The Bertz CT molecular complexity index is 860. The maximum atomic E-state index is 4.48. The zero-order valence-corrected chi connectivity index (χ0v) is 14.0. The van der Waals surface area contributed by atoms with Crippen LogP contribution in [-0.2, 0) is 13.0 Å². The molecule has 3 aromatic rings. The summed E-state index contributed by atoms with van der Waals surface area (Å²) in [6.07, 6.45) is 9.63. The van der Waals surface area contributed by atoms with Crippen molar-refractivity contribution in [2.24, 2.45) is 5.92 Å². The van der Waals surface area contributed by atoms with E-state index in [0.717, 1.165) is 43.3 Å². The van der Waals surface area contributed by atoms with Crippen molar-refractivity contribution in [2.45, 2.75) is 25.4 Å². The number of rotatable bonds is 3. The first-order valence-electron chi connectivity index (χ1n) is 8.84. The van der Waals surface area contributed by atoms with Crippen molar-refractivity contribution in [2.75, 3.05) is 13.1 Å². The highest BCUT2D eigenvalue weighted by atomic mass is 15.3. The number of aryl methyl sites for hydroxylation is 1. The molecule has 1 fully saturated rings. The van der Waals surface area contributed by atoms with Crippen LogP contribution in [0, 0.1) is 5.92 Å². The number of likely N-dealkylation sites (tertiary alicyclic amines) is 1. The number of nitrogens with zero attached hydrogens (tertiary/aromatic N) is 6. The summed E-state index contributed by atoms with van der Waals surface area (Å²) >= 11 is 0. The monoisotopic (exact) mass is 332 g/mol. The molecule has 5 rings (SSSR count). The average molecular weight is 332 g/mol. The number of aromatic nitrogens is 5. The third-order valence-corrected chi connectivity index (χ3v) is 5.39. The van der Waals surface area contributed by atoms with Gasteiger partial charge in [-0.1, -0.05) is 0 Å². The van der Waals surface area contributed by atoms with Crippen LogP contribution in [0.3, 0.4) is 0 Å². The lowest BCUT2D eigenvalue weighted by molar-refractivity contribution is 0.313. The van der Waals surface area contributed by atoms with Crippen LogP contribution in [0.4, 0.5) is 0 Å². The largest absolute Gasteiger partial charge is 0.306 e. The minimum absolute atomic E-state index is 0.454. The maximum Gasteiger partial charge on any atom is 0.165 e. The third-order valence-electron chi connectivity index (χ3n) is 5.39. The summed E-state index contributed by atoms with van der Waals surface area (Å²) in [7, 11) is 0. The minimum atomic E-state index is 0.454. The van der Waals surface area contributed by atoms with Gasteiger partial charge in [0.2, 0.25) is 0 Å². The molecule has 3 aromatic heterocycles. The first kappa shape index (κ1) is 14.7. The van der Waals surface area contributed by atoms with Gasteiger partial charge < -0.3 is 4.57 Å². The molecule has 2 aliphatic rings. The molecule has 0 unspecified atom stereocenters.